The van der Waals surface area contributed by atoms with Crippen LogP contribution in [0.2, 0.25) is 0 Å². The topological polar surface area (TPSA) is 16.8 Å². The van der Waals surface area contributed by atoms with Gasteiger partial charge in [-0.15, -0.1) is 0 Å². The molecule has 1 aromatic heterocycles. The number of nitrogens with zero attached hydrogens (tertiary/aromatic N) is 2. The first kappa shape index (κ1) is 7.66. The fourth-order valence-corrected chi connectivity index (χ4v) is 1.56. The number of aromatic nitrogens is 2. The summed E-state index contributed by atoms with van der Waals surface area (Å²) in [6.07, 6.45) is 1.87. The monoisotopic (exact) mass is 157 g/mol. The first-order chi connectivity index (χ1) is 4.58. The van der Waals surface area contributed by atoms with Gasteiger partial charge in [-0.05, 0) is 4.98 Å². The molecule has 0 spiro atoms. The Morgan fingerprint density at radius 3 is 2.60 bits per heavy atom. The quantitative estimate of drug-likeness (QED) is 0.564. The van der Waals surface area contributed by atoms with Gasteiger partial charge in [-0.3, -0.25) is 0 Å². The van der Waals surface area contributed by atoms with Gasteiger partial charge < -0.3 is 0 Å². The summed E-state index contributed by atoms with van der Waals surface area (Å²) < 4.78 is 2.14. The van der Waals surface area contributed by atoms with Crippen LogP contribution in [-0.4, -0.2) is 4.98 Å². The molecule has 3 heteroatoms. The summed E-state index contributed by atoms with van der Waals surface area (Å²) in [5.41, 5.74) is 2.21. The fourth-order valence-electron chi connectivity index (χ4n) is 0.762. The summed E-state index contributed by atoms with van der Waals surface area (Å²) in [5.74, 6) is 0. The highest BCUT2D eigenvalue weighted by Gasteiger charge is 2.14. The van der Waals surface area contributed by atoms with Gasteiger partial charge in [0.05, 0.1) is 11.5 Å². The van der Waals surface area contributed by atoms with Gasteiger partial charge in [-0.1, -0.05) is 20.8 Å². The molecule has 0 N–H and O–H groups in total. The predicted octanol–water partition coefficient (Wildman–Crippen LogP) is 1.48. The smallest absolute Gasteiger partial charge is 0.175 e. The van der Waals surface area contributed by atoms with Crippen molar-refractivity contribution in [1.82, 2.24) is 4.98 Å². The lowest BCUT2D eigenvalue weighted by Gasteiger charge is -2.13. The van der Waals surface area contributed by atoms with E-state index >= 15 is 0 Å². The summed E-state index contributed by atoms with van der Waals surface area (Å²) in [6.45, 7) is 7.72. The summed E-state index contributed by atoms with van der Waals surface area (Å²) in [7, 11) is 0. The predicted molar refractivity (Wildman–Crippen MR) is 41.8 cm³/mol. The van der Waals surface area contributed by atoms with Gasteiger partial charge in [0.15, 0.2) is 0 Å². The number of rotatable bonds is 1. The summed E-state index contributed by atoms with van der Waals surface area (Å²) >= 11 is 1.66. The Bertz CT molecular complexity index is 186. The molecule has 0 saturated carbocycles. The number of hydrogen-bond acceptors (Lipinski definition) is 2. The average Bonchev–Trinajstić information content (AvgIpc) is 2.12. The normalized spacial score (nSPS) is 11.9. The van der Waals surface area contributed by atoms with Crippen LogP contribution in [0.25, 0.3) is 0 Å². The summed E-state index contributed by atoms with van der Waals surface area (Å²) in [5, 5.41) is 0. The molecule has 0 aliphatic rings. The third kappa shape index (κ3) is 2.43. The molecule has 2 nitrogen and oxygen atoms in total. The minimum Gasteiger partial charge on any atom is -0.175 e. The molecule has 0 fully saturated rings. The lowest BCUT2D eigenvalue weighted by Crippen LogP contribution is -2.35. The minimum atomic E-state index is 0.358. The van der Waals surface area contributed by atoms with Gasteiger partial charge in [0.1, 0.15) is 6.54 Å². The van der Waals surface area contributed by atoms with E-state index in [1.165, 1.54) is 0 Å². The van der Waals surface area contributed by atoms with Crippen molar-refractivity contribution in [2.45, 2.75) is 27.3 Å². The second-order valence-corrected chi connectivity index (χ2v) is 4.50. The minimum absolute atomic E-state index is 0.358. The van der Waals surface area contributed by atoms with Crippen molar-refractivity contribution in [2.75, 3.05) is 0 Å². The molecule has 10 heavy (non-hydrogen) atoms. The van der Waals surface area contributed by atoms with Crippen LogP contribution in [0.4, 0.5) is 0 Å². The second kappa shape index (κ2) is 2.66. The lowest BCUT2D eigenvalue weighted by molar-refractivity contribution is -0.644. The zero-order valence-corrected chi connectivity index (χ0v) is 7.48. The first-order valence-corrected chi connectivity index (χ1v) is 4.20. The van der Waals surface area contributed by atoms with Crippen LogP contribution in [0.5, 0.6) is 0 Å². The molecule has 0 aliphatic carbocycles. The molecule has 1 heterocycles. The van der Waals surface area contributed by atoms with Crippen molar-refractivity contribution in [3.05, 3.63) is 11.8 Å². The van der Waals surface area contributed by atoms with Gasteiger partial charge in [-0.2, -0.15) is 3.96 Å². The van der Waals surface area contributed by atoms with Gasteiger partial charge >= 0.3 is 0 Å². The van der Waals surface area contributed by atoms with Crippen molar-refractivity contribution >= 4 is 11.5 Å². The van der Waals surface area contributed by atoms with Crippen LogP contribution in [0.3, 0.4) is 0 Å². The van der Waals surface area contributed by atoms with E-state index in [0.717, 1.165) is 6.54 Å². The third-order valence-electron chi connectivity index (χ3n) is 1.07. The molecule has 0 radical (unpaired) electrons. The van der Waals surface area contributed by atoms with E-state index in [1.54, 1.807) is 11.5 Å². The van der Waals surface area contributed by atoms with E-state index in [0.29, 0.717) is 5.41 Å². The molecule has 0 bridgehead atoms. The van der Waals surface area contributed by atoms with Crippen LogP contribution in [-0.2, 0) is 6.54 Å². The SMILES string of the molecule is CC(C)(C)C[n+]1cncs1. The van der Waals surface area contributed by atoms with Crippen LogP contribution >= 0.6 is 11.5 Å². The zero-order chi connectivity index (χ0) is 7.61. The molecular weight excluding hydrogens is 144 g/mol. The third-order valence-corrected chi connectivity index (χ3v) is 1.78. The Morgan fingerprint density at radius 2 is 2.20 bits per heavy atom. The summed E-state index contributed by atoms with van der Waals surface area (Å²) in [4.78, 5) is 3.99. The lowest BCUT2D eigenvalue weighted by atomic mass is 9.97. The largest absolute Gasteiger partial charge is 0.298 e. The highest BCUT2D eigenvalue weighted by Crippen LogP contribution is 2.12. The summed E-state index contributed by atoms with van der Waals surface area (Å²) in [6, 6.07) is 0. The van der Waals surface area contributed by atoms with Crippen molar-refractivity contribution < 1.29 is 3.96 Å². The highest BCUT2D eigenvalue weighted by molar-refractivity contribution is 6.99. The van der Waals surface area contributed by atoms with E-state index < -0.39 is 0 Å². The Morgan fingerprint density at radius 1 is 1.50 bits per heavy atom. The van der Waals surface area contributed by atoms with E-state index in [-0.39, 0.29) is 0 Å². The molecule has 0 aromatic carbocycles. The van der Waals surface area contributed by atoms with Crippen LogP contribution in [0, 0.1) is 5.41 Å². The van der Waals surface area contributed by atoms with Crippen LogP contribution in [0.1, 0.15) is 20.8 Å². The van der Waals surface area contributed by atoms with Crippen molar-refractivity contribution in [3.8, 4) is 0 Å². The number of hydrogen-bond donors (Lipinski definition) is 0. The maximum atomic E-state index is 3.99. The van der Waals surface area contributed by atoms with Crippen LogP contribution in [0.15, 0.2) is 11.8 Å². The molecular formula is C7H13N2S+. The van der Waals surface area contributed by atoms with Crippen LogP contribution < -0.4 is 3.96 Å². The molecule has 0 saturated heterocycles. The van der Waals surface area contributed by atoms with E-state index in [9.17, 15) is 0 Å². The molecule has 0 amide bonds. The molecule has 0 atom stereocenters. The Balaban J connectivity index is 2.57. The molecule has 1 rings (SSSR count). The van der Waals surface area contributed by atoms with Gasteiger partial charge in [0.25, 0.3) is 6.33 Å². The molecule has 1 aromatic rings. The van der Waals surface area contributed by atoms with Gasteiger partial charge in [0, 0.05) is 5.41 Å². The maximum absolute atomic E-state index is 3.99. The van der Waals surface area contributed by atoms with Gasteiger partial charge in [0.2, 0.25) is 5.51 Å². The Kier molecular flexibility index (Phi) is 2.04. The standard InChI is InChI=1S/C7H13N2S/c1-7(2,3)4-9-5-8-6-10-9/h5-6H,4H2,1-3H3/q+1. The maximum Gasteiger partial charge on any atom is 0.298 e. The Labute approximate surface area is 65.7 Å². The van der Waals surface area contributed by atoms with E-state index in [1.807, 2.05) is 11.8 Å². The van der Waals surface area contributed by atoms with Crippen molar-refractivity contribution in [3.63, 3.8) is 0 Å². The highest BCUT2D eigenvalue weighted by atomic mass is 32.1. The Hall–Kier alpha value is -0.440. The van der Waals surface area contributed by atoms with E-state index in [4.69, 9.17) is 0 Å². The second-order valence-electron chi connectivity index (χ2n) is 3.61. The molecule has 0 unspecified atom stereocenters. The van der Waals surface area contributed by atoms with E-state index in [2.05, 4.69) is 29.7 Å². The zero-order valence-electron chi connectivity index (χ0n) is 6.66. The average molecular weight is 157 g/mol. The fraction of sp³-hybridized carbons (Fsp3) is 0.714. The van der Waals surface area contributed by atoms with Gasteiger partial charge in [-0.25, -0.2) is 0 Å². The van der Waals surface area contributed by atoms with Crippen molar-refractivity contribution in [2.24, 2.45) is 5.41 Å². The first-order valence-electron chi connectivity index (χ1n) is 3.36. The molecule has 56 valence electrons. The van der Waals surface area contributed by atoms with Crippen molar-refractivity contribution in [1.29, 1.82) is 0 Å². The molecule has 0 aliphatic heterocycles.